The SMILES string of the molecule is O=C(CCOc1ccccc1F)NCC1(CO)CC1. The summed E-state index contributed by atoms with van der Waals surface area (Å²) in [6, 6.07) is 6.10. The van der Waals surface area contributed by atoms with Crippen LogP contribution in [0.4, 0.5) is 4.39 Å². The highest BCUT2D eigenvalue weighted by molar-refractivity contribution is 5.76. The number of hydrogen-bond donors (Lipinski definition) is 2. The first kappa shape index (κ1) is 13.8. The monoisotopic (exact) mass is 267 g/mol. The Morgan fingerprint density at radius 3 is 2.79 bits per heavy atom. The topological polar surface area (TPSA) is 58.6 Å². The second kappa shape index (κ2) is 6.02. The Kier molecular flexibility index (Phi) is 4.37. The maximum atomic E-state index is 13.2. The molecular formula is C14H18FNO3. The number of hydrogen-bond acceptors (Lipinski definition) is 3. The summed E-state index contributed by atoms with van der Waals surface area (Å²) in [6.07, 6.45) is 2.08. The minimum absolute atomic E-state index is 0.0952. The molecule has 0 heterocycles. The number of amides is 1. The van der Waals surface area contributed by atoms with Crippen molar-refractivity contribution in [3.05, 3.63) is 30.1 Å². The number of nitrogens with one attached hydrogen (secondary N) is 1. The van der Waals surface area contributed by atoms with Gasteiger partial charge in [0.1, 0.15) is 0 Å². The van der Waals surface area contributed by atoms with E-state index in [2.05, 4.69) is 5.32 Å². The Morgan fingerprint density at radius 1 is 1.42 bits per heavy atom. The molecule has 0 saturated heterocycles. The maximum Gasteiger partial charge on any atom is 0.223 e. The average molecular weight is 267 g/mol. The predicted molar refractivity (Wildman–Crippen MR) is 68.3 cm³/mol. The van der Waals surface area contributed by atoms with Gasteiger partial charge < -0.3 is 15.2 Å². The van der Waals surface area contributed by atoms with Crippen molar-refractivity contribution in [2.75, 3.05) is 19.8 Å². The molecule has 1 aliphatic rings. The Balaban J connectivity index is 1.65. The molecule has 0 spiro atoms. The van der Waals surface area contributed by atoms with Crippen LogP contribution in [0.1, 0.15) is 19.3 Å². The van der Waals surface area contributed by atoms with Crippen LogP contribution < -0.4 is 10.1 Å². The molecule has 1 aromatic rings. The third-order valence-corrected chi connectivity index (χ3v) is 3.38. The van der Waals surface area contributed by atoms with Gasteiger partial charge in [-0.15, -0.1) is 0 Å². The van der Waals surface area contributed by atoms with Gasteiger partial charge in [0.25, 0.3) is 0 Å². The van der Waals surface area contributed by atoms with Gasteiger partial charge in [0.15, 0.2) is 11.6 Å². The molecule has 2 rings (SSSR count). The Hall–Kier alpha value is -1.62. The third kappa shape index (κ3) is 3.92. The maximum absolute atomic E-state index is 13.2. The van der Waals surface area contributed by atoms with Crippen LogP contribution in [0.3, 0.4) is 0 Å². The molecule has 1 amide bonds. The van der Waals surface area contributed by atoms with Gasteiger partial charge in [-0.05, 0) is 25.0 Å². The number of aliphatic hydroxyl groups excluding tert-OH is 1. The number of para-hydroxylation sites is 1. The molecule has 4 nitrogen and oxygen atoms in total. The van der Waals surface area contributed by atoms with Crippen molar-refractivity contribution in [1.82, 2.24) is 5.32 Å². The van der Waals surface area contributed by atoms with Crippen LogP contribution in [0, 0.1) is 11.2 Å². The van der Waals surface area contributed by atoms with Gasteiger partial charge in [-0.2, -0.15) is 0 Å². The lowest BCUT2D eigenvalue weighted by Gasteiger charge is -2.13. The number of carbonyl (C=O) groups excluding carboxylic acids is 1. The molecule has 1 aromatic carbocycles. The van der Waals surface area contributed by atoms with Crippen molar-refractivity contribution < 1.29 is 19.0 Å². The van der Waals surface area contributed by atoms with Crippen molar-refractivity contribution in [3.8, 4) is 5.75 Å². The minimum atomic E-state index is -0.430. The van der Waals surface area contributed by atoms with Gasteiger partial charge in [-0.25, -0.2) is 4.39 Å². The number of aliphatic hydroxyl groups is 1. The third-order valence-electron chi connectivity index (χ3n) is 3.38. The average Bonchev–Trinajstić information content (AvgIpc) is 3.19. The summed E-state index contributed by atoms with van der Waals surface area (Å²) < 4.78 is 18.4. The molecule has 104 valence electrons. The second-order valence-corrected chi connectivity index (χ2v) is 4.96. The first-order valence-corrected chi connectivity index (χ1v) is 6.40. The van der Waals surface area contributed by atoms with Crippen molar-refractivity contribution in [2.24, 2.45) is 5.41 Å². The Morgan fingerprint density at radius 2 is 2.16 bits per heavy atom. The molecule has 0 unspecified atom stereocenters. The fraction of sp³-hybridized carbons (Fsp3) is 0.500. The smallest absolute Gasteiger partial charge is 0.223 e. The zero-order valence-electron chi connectivity index (χ0n) is 10.7. The molecule has 5 heteroatoms. The zero-order valence-corrected chi connectivity index (χ0v) is 10.7. The van der Waals surface area contributed by atoms with Gasteiger partial charge in [0.05, 0.1) is 19.6 Å². The summed E-state index contributed by atoms with van der Waals surface area (Å²) in [7, 11) is 0. The summed E-state index contributed by atoms with van der Waals surface area (Å²) in [4.78, 5) is 11.5. The predicted octanol–water partition coefficient (Wildman–Crippen LogP) is 1.48. The zero-order chi connectivity index (χ0) is 13.7. The molecule has 0 radical (unpaired) electrons. The van der Waals surface area contributed by atoms with Crippen molar-refractivity contribution in [2.45, 2.75) is 19.3 Å². The van der Waals surface area contributed by atoms with Crippen LogP contribution in [-0.4, -0.2) is 30.8 Å². The molecule has 0 aliphatic heterocycles. The van der Waals surface area contributed by atoms with E-state index in [0.29, 0.717) is 6.54 Å². The molecule has 1 fully saturated rings. The fourth-order valence-electron chi connectivity index (χ4n) is 1.76. The van der Waals surface area contributed by atoms with E-state index in [-0.39, 0.29) is 36.7 Å². The molecule has 0 aromatic heterocycles. The van der Waals surface area contributed by atoms with Crippen LogP contribution in [0.15, 0.2) is 24.3 Å². The quantitative estimate of drug-likeness (QED) is 0.786. The lowest BCUT2D eigenvalue weighted by atomic mass is 10.1. The van der Waals surface area contributed by atoms with Gasteiger partial charge in [0.2, 0.25) is 5.91 Å². The van der Waals surface area contributed by atoms with Crippen LogP contribution in [0.2, 0.25) is 0 Å². The van der Waals surface area contributed by atoms with Crippen LogP contribution >= 0.6 is 0 Å². The van der Waals surface area contributed by atoms with Crippen molar-refractivity contribution in [3.63, 3.8) is 0 Å². The molecule has 1 saturated carbocycles. The van der Waals surface area contributed by atoms with E-state index < -0.39 is 5.82 Å². The lowest BCUT2D eigenvalue weighted by Crippen LogP contribution is -2.32. The van der Waals surface area contributed by atoms with Crippen LogP contribution in [0.25, 0.3) is 0 Å². The minimum Gasteiger partial charge on any atom is -0.490 e. The molecule has 1 aliphatic carbocycles. The fourth-order valence-corrected chi connectivity index (χ4v) is 1.76. The number of ether oxygens (including phenoxy) is 1. The first-order valence-electron chi connectivity index (χ1n) is 6.40. The highest BCUT2D eigenvalue weighted by Crippen LogP contribution is 2.44. The van der Waals surface area contributed by atoms with Gasteiger partial charge >= 0.3 is 0 Å². The highest BCUT2D eigenvalue weighted by atomic mass is 19.1. The van der Waals surface area contributed by atoms with E-state index in [0.717, 1.165) is 12.8 Å². The summed E-state index contributed by atoms with van der Waals surface area (Å²) >= 11 is 0. The largest absolute Gasteiger partial charge is 0.490 e. The number of rotatable bonds is 7. The molecule has 0 bridgehead atoms. The summed E-state index contributed by atoms with van der Waals surface area (Å²) in [5, 5.41) is 11.9. The van der Waals surface area contributed by atoms with E-state index in [9.17, 15) is 9.18 Å². The summed E-state index contributed by atoms with van der Waals surface area (Å²) in [5.74, 6) is -0.416. The second-order valence-electron chi connectivity index (χ2n) is 4.96. The van der Waals surface area contributed by atoms with Crippen LogP contribution in [-0.2, 0) is 4.79 Å². The number of carbonyl (C=O) groups is 1. The van der Waals surface area contributed by atoms with E-state index in [4.69, 9.17) is 9.84 Å². The number of benzene rings is 1. The van der Waals surface area contributed by atoms with E-state index >= 15 is 0 Å². The Labute approximate surface area is 111 Å². The normalized spacial score (nSPS) is 15.9. The first-order chi connectivity index (χ1) is 9.15. The van der Waals surface area contributed by atoms with Crippen molar-refractivity contribution in [1.29, 1.82) is 0 Å². The van der Waals surface area contributed by atoms with Gasteiger partial charge in [-0.1, -0.05) is 12.1 Å². The van der Waals surface area contributed by atoms with Crippen molar-refractivity contribution >= 4 is 5.91 Å². The van der Waals surface area contributed by atoms with E-state index in [1.54, 1.807) is 12.1 Å². The molecular weight excluding hydrogens is 249 g/mol. The lowest BCUT2D eigenvalue weighted by molar-refractivity contribution is -0.121. The molecule has 0 atom stereocenters. The number of halogens is 1. The standard InChI is InChI=1S/C14H18FNO3/c15-11-3-1-2-4-12(11)19-8-5-13(18)16-9-14(10-17)6-7-14/h1-4,17H,5-10H2,(H,16,18). The molecule has 2 N–H and O–H groups in total. The van der Waals surface area contributed by atoms with Gasteiger partial charge in [0, 0.05) is 12.0 Å². The molecule has 19 heavy (non-hydrogen) atoms. The van der Waals surface area contributed by atoms with E-state index in [1.165, 1.54) is 12.1 Å². The summed E-state index contributed by atoms with van der Waals surface area (Å²) in [6.45, 7) is 0.750. The summed E-state index contributed by atoms with van der Waals surface area (Å²) in [5.41, 5.74) is -0.0952. The van der Waals surface area contributed by atoms with Gasteiger partial charge in [-0.3, -0.25) is 4.79 Å². The van der Waals surface area contributed by atoms with E-state index in [1.807, 2.05) is 0 Å². The highest BCUT2D eigenvalue weighted by Gasteiger charge is 2.41. The van der Waals surface area contributed by atoms with Crippen LogP contribution in [0.5, 0.6) is 5.75 Å². The Bertz CT molecular complexity index is 446.